The fraction of sp³-hybridized carbons (Fsp3) is 0.467. The number of nitrogen functional groups attached to an aromatic ring is 1. The van der Waals surface area contributed by atoms with Gasteiger partial charge in [-0.2, -0.15) is 18.2 Å². The molecule has 0 saturated carbocycles. The summed E-state index contributed by atoms with van der Waals surface area (Å²) >= 11 is 0. The molecule has 0 atom stereocenters. The number of rotatable bonds is 4. The first-order valence-electron chi connectivity index (χ1n) is 8.05. The molecule has 0 aromatic carbocycles. The number of aromatic amines is 1. The second-order valence-corrected chi connectivity index (χ2v) is 6.02. The molecule has 140 valence electrons. The first-order chi connectivity index (χ1) is 12.3. The predicted molar refractivity (Wildman–Crippen MR) is 86.8 cm³/mol. The van der Waals surface area contributed by atoms with Crippen molar-refractivity contribution in [2.45, 2.75) is 25.6 Å². The zero-order valence-corrected chi connectivity index (χ0v) is 13.8. The molecule has 1 aliphatic rings. The lowest BCUT2D eigenvalue weighted by Gasteiger charge is -2.32. The normalized spacial score (nSPS) is 15.9. The van der Waals surface area contributed by atoms with E-state index in [1.807, 2.05) is 4.90 Å². The Morgan fingerprint density at radius 2 is 2.08 bits per heavy atom. The molecule has 1 aliphatic heterocycles. The van der Waals surface area contributed by atoms with Crippen LogP contribution in [0.5, 0.6) is 0 Å². The van der Waals surface area contributed by atoms with E-state index in [-0.39, 0.29) is 24.3 Å². The Hall–Kier alpha value is -2.85. The zero-order chi connectivity index (χ0) is 18.7. The second kappa shape index (κ2) is 7.18. The highest BCUT2D eigenvalue weighted by Crippen LogP contribution is 2.30. The minimum Gasteiger partial charge on any atom is -0.367 e. The molecule has 4 N–H and O–H groups in total. The van der Waals surface area contributed by atoms with E-state index < -0.39 is 11.7 Å². The van der Waals surface area contributed by atoms with Crippen molar-refractivity contribution in [3.63, 3.8) is 0 Å². The molecule has 1 fully saturated rings. The number of hydrogen-bond donors (Lipinski definition) is 3. The van der Waals surface area contributed by atoms with E-state index in [2.05, 4.69) is 25.5 Å². The summed E-state index contributed by atoms with van der Waals surface area (Å²) in [5.41, 5.74) is 4.62. The van der Waals surface area contributed by atoms with E-state index in [4.69, 9.17) is 5.73 Å². The molecule has 11 heteroatoms. The van der Waals surface area contributed by atoms with Crippen LogP contribution in [0.4, 0.5) is 24.9 Å². The molecule has 0 aliphatic carbocycles. The number of nitrogens with one attached hydrogen (secondary N) is 2. The average molecular weight is 369 g/mol. The molecule has 1 saturated heterocycles. The predicted octanol–water partition coefficient (Wildman–Crippen LogP) is 1.33. The number of carbonyl (C=O) groups is 1. The van der Waals surface area contributed by atoms with Crippen LogP contribution in [0, 0.1) is 5.92 Å². The summed E-state index contributed by atoms with van der Waals surface area (Å²) in [6, 6.07) is 2.38. The Morgan fingerprint density at radius 1 is 1.35 bits per heavy atom. The van der Waals surface area contributed by atoms with E-state index in [1.165, 1.54) is 6.07 Å². The van der Waals surface area contributed by atoms with Gasteiger partial charge in [-0.15, -0.1) is 5.10 Å². The summed E-state index contributed by atoms with van der Waals surface area (Å²) in [6.45, 7) is 1.31. The lowest BCUT2D eigenvalue weighted by atomic mass is 9.96. The van der Waals surface area contributed by atoms with Crippen LogP contribution < -0.4 is 16.0 Å². The van der Waals surface area contributed by atoms with Gasteiger partial charge >= 0.3 is 6.18 Å². The highest BCUT2D eigenvalue weighted by Gasteiger charge is 2.31. The van der Waals surface area contributed by atoms with Crippen molar-refractivity contribution in [2.75, 3.05) is 23.7 Å². The monoisotopic (exact) mass is 369 g/mol. The van der Waals surface area contributed by atoms with Crippen molar-refractivity contribution in [3.05, 3.63) is 29.7 Å². The number of alkyl halides is 3. The first-order valence-corrected chi connectivity index (χ1v) is 8.05. The standard InChI is InChI=1S/C15H18F3N7O/c16-15(17,18)10-1-2-12(20-7-10)25-5-3-9(4-6-25)13(26)21-8-11-22-14(19)24-23-11/h1-2,7,9H,3-6,8H2,(H,21,26)(H3,19,22,23,24). The van der Waals surface area contributed by atoms with Crippen molar-refractivity contribution in [2.24, 2.45) is 5.92 Å². The van der Waals surface area contributed by atoms with Gasteiger partial charge in [-0.05, 0) is 25.0 Å². The molecule has 3 heterocycles. The second-order valence-electron chi connectivity index (χ2n) is 6.02. The molecule has 0 bridgehead atoms. The van der Waals surface area contributed by atoms with Gasteiger partial charge in [0.15, 0.2) is 0 Å². The van der Waals surface area contributed by atoms with Gasteiger partial charge in [0.1, 0.15) is 11.6 Å². The van der Waals surface area contributed by atoms with Crippen molar-refractivity contribution >= 4 is 17.7 Å². The number of piperidine rings is 1. The number of nitrogens with two attached hydrogens (primary N) is 1. The third-order valence-corrected chi connectivity index (χ3v) is 4.24. The van der Waals surface area contributed by atoms with Crippen LogP contribution in [0.2, 0.25) is 0 Å². The number of amides is 1. The minimum atomic E-state index is -4.40. The fourth-order valence-electron chi connectivity index (χ4n) is 2.82. The van der Waals surface area contributed by atoms with E-state index >= 15 is 0 Å². The molecular formula is C15H18F3N7O. The maximum Gasteiger partial charge on any atom is 0.417 e. The summed E-state index contributed by atoms with van der Waals surface area (Å²) in [4.78, 5) is 21.9. The van der Waals surface area contributed by atoms with Gasteiger partial charge < -0.3 is 16.0 Å². The Balaban J connectivity index is 1.49. The van der Waals surface area contributed by atoms with Crippen LogP contribution in [0.3, 0.4) is 0 Å². The molecule has 2 aromatic rings. The number of nitrogens with zero attached hydrogens (tertiary/aromatic N) is 4. The first kappa shape index (κ1) is 18.0. The summed E-state index contributed by atoms with van der Waals surface area (Å²) in [5, 5.41) is 9.06. The molecule has 1 amide bonds. The van der Waals surface area contributed by atoms with Crippen LogP contribution in [0.15, 0.2) is 18.3 Å². The van der Waals surface area contributed by atoms with Gasteiger partial charge in [-0.3, -0.25) is 9.89 Å². The van der Waals surface area contributed by atoms with Crippen molar-refractivity contribution in [3.8, 4) is 0 Å². The molecular weight excluding hydrogens is 351 g/mol. The number of anilines is 2. The van der Waals surface area contributed by atoms with Gasteiger partial charge in [-0.25, -0.2) is 4.98 Å². The number of carbonyl (C=O) groups excluding carboxylic acids is 1. The lowest BCUT2D eigenvalue weighted by Crippen LogP contribution is -2.40. The smallest absolute Gasteiger partial charge is 0.367 e. The zero-order valence-electron chi connectivity index (χ0n) is 13.8. The van der Waals surface area contributed by atoms with Gasteiger partial charge in [0.2, 0.25) is 11.9 Å². The van der Waals surface area contributed by atoms with E-state index in [9.17, 15) is 18.0 Å². The van der Waals surface area contributed by atoms with Crippen LogP contribution >= 0.6 is 0 Å². The Labute approximate surface area is 147 Å². The molecule has 3 rings (SSSR count). The van der Waals surface area contributed by atoms with Gasteiger partial charge in [0.05, 0.1) is 12.1 Å². The maximum atomic E-state index is 12.6. The summed E-state index contributed by atoms with van der Waals surface area (Å²) in [6.07, 6.45) is -2.39. The highest BCUT2D eigenvalue weighted by atomic mass is 19.4. The highest BCUT2D eigenvalue weighted by molar-refractivity contribution is 5.78. The molecule has 26 heavy (non-hydrogen) atoms. The average Bonchev–Trinajstić information content (AvgIpc) is 3.04. The van der Waals surface area contributed by atoms with Crippen molar-refractivity contribution < 1.29 is 18.0 Å². The molecule has 0 radical (unpaired) electrons. The quantitative estimate of drug-likeness (QED) is 0.750. The van der Waals surface area contributed by atoms with E-state index in [1.54, 1.807) is 0 Å². The molecule has 0 spiro atoms. The van der Waals surface area contributed by atoms with Crippen LogP contribution in [-0.4, -0.2) is 39.2 Å². The Morgan fingerprint density at radius 3 is 2.62 bits per heavy atom. The molecule has 8 nitrogen and oxygen atoms in total. The third kappa shape index (κ3) is 4.21. The third-order valence-electron chi connectivity index (χ3n) is 4.24. The maximum absolute atomic E-state index is 12.6. The van der Waals surface area contributed by atoms with Crippen molar-refractivity contribution in [1.29, 1.82) is 0 Å². The Bertz CT molecular complexity index is 751. The largest absolute Gasteiger partial charge is 0.417 e. The number of aromatic nitrogens is 4. The van der Waals surface area contributed by atoms with E-state index in [0.717, 1.165) is 12.3 Å². The molecule has 2 aromatic heterocycles. The Kier molecular flexibility index (Phi) is 4.96. The number of H-pyrrole nitrogens is 1. The number of halogens is 3. The number of pyridine rings is 1. The van der Waals surface area contributed by atoms with Gasteiger partial charge in [0, 0.05) is 25.2 Å². The summed E-state index contributed by atoms with van der Waals surface area (Å²) in [5.74, 6) is 0.809. The van der Waals surface area contributed by atoms with Crippen LogP contribution in [0.1, 0.15) is 24.2 Å². The fourth-order valence-corrected chi connectivity index (χ4v) is 2.82. The van der Waals surface area contributed by atoms with Crippen LogP contribution in [0.25, 0.3) is 0 Å². The summed E-state index contributed by atoms with van der Waals surface area (Å²) in [7, 11) is 0. The molecule has 0 unspecified atom stereocenters. The van der Waals surface area contributed by atoms with Gasteiger partial charge in [-0.1, -0.05) is 0 Å². The number of hydrogen-bond acceptors (Lipinski definition) is 6. The SMILES string of the molecule is Nc1n[nH]c(CNC(=O)C2CCN(c3ccc(C(F)(F)F)cn3)CC2)n1. The van der Waals surface area contributed by atoms with E-state index in [0.29, 0.717) is 37.6 Å². The topological polar surface area (TPSA) is 113 Å². The lowest BCUT2D eigenvalue weighted by molar-refractivity contribution is -0.137. The van der Waals surface area contributed by atoms with Gasteiger partial charge in [0.25, 0.3) is 0 Å². The minimum absolute atomic E-state index is 0.0972. The van der Waals surface area contributed by atoms with Crippen molar-refractivity contribution in [1.82, 2.24) is 25.5 Å². The summed E-state index contributed by atoms with van der Waals surface area (Å²) < 4.78 is 37.7. The van der Waals surface area contributed by atoms with Crippen LogP contribution in [-0.2, 0) is 17.5 Å².